The van der Waals surface area contributed by atoms with Gasteiger partial charge in [-0.05, 0) is 31.3 Å². The van der Waals surface area contributed by atoms with Gasteiger partial charge in [0, 0.05) is 6.42 Å². The minimum atomic E-state index is -1.39. The van der Waals surface area contributed by atoms with Gasteiger partial charge in [-0.1, -0.05) is 19.4 Å². The van der Waals surface area contributed by atoms with Crippen molar-refractivity contribution in [1.82, 2.24) is 0 Å². The van der Waals surface area contributed by atoms with Crippen LogP contribution in [0.2, 0.25) is 0 Å². The van der Waals surface area contributed by atoms with Gasteiger partial charge in [-0.3, -0.25) is 14.4 Å². The van der Waals surface area contributed by atoms with Gasteiger partial charge in [0.15, 0.2) is 11.2 Å². The molecule has 0 heterocycles. The molecule has 1 rings (SSSR count). The summed E-state index contributed by atoms with van der Waals surface area (Å²) in [4.78, 5) is 35.9. The van der Waals surface area contributed by atoms with Crippen LogP contribution in [-0.2, 0) is 23.9 Å². The van der Waals surface area contributed by atoms with Crippen molar-refractivity contribution in [3.05, 3.63) is 11.1 Å². The Morgan fingerprint density at radius 3 is 1.95 bits per heavy atom. The predicted molar refractivity (Wildman–Crippen MR) is 72.9 cm³/mol. The number of Topliss-reactive ketones (excluding diaryl/α,β-unsaturated/α-hetero) is 1. The SMILES string of the molecule is COC(=O)C1(C(=O)OC)CC(CC(C)C)=C(C(C)=O)C1. The van der Waals surface area contributed by atoms with E-state index in [9.17, 15) is 14.4 Å². The maximum atomic E-state index is 12.1. The van der Waals surface area contributed by atoms with Crippen molar-refractivity contribution in [2.45, 2.75) is 40.0 Å². The van der Waals surface area contributed by atoms with Gasteiger partial charge in [0.1, 0.15) is 0 Å². The van der Waals surface area contributed by atoms with Crippen LogP contribution in [0, 0.1) is 11.3 Å². The lowest BCUT2D eigenvalue weighted by Crippen LogP contribution is -2.39. The smallest absolute Gasteiger partial charge is 0.323 e. The molecule has 0 saturated carbocycles. The molecule has 5 nitrogen and oxygen atoms in total. The molecule has 5 heteroatoms. The average molecular weight is 282 g/mol. The second-order valence-corrected chi connectivity index (χ2v) is 5.66. The maximum Gasteiger partial charge on any atom is 0.323 e. The second kappa shape index (κ2) is 6.20. The lowest BCUT2D eigenvalue weighted by Gasteiger charge is -2.23. The van der Waals surface area contributed by atoms with E-state index in [4.69, 9.17) is 9.47 Å². The number of allylic oxidation sites excluding steroid dienone is 2. The van der Waals surface area contributed by atoms with Crippen LogP contribution >= 0.6 is 0 Å². The Labute approximate surface area is 119 Å². The van der Waals surface area contributed by atoms with Gasteiger partial charge in [-0.2, -0.15) is 0 Å². The molecule has 0 bridgehead atoms. The highest BCUT2D eigenvalue weighted by Gasteiger charge is 2.53. The summed E-state index contributed by atoms with van der Waals surface area (Å²) in [5, 5.41) is 0. The Hall–Kier alpha value is -1.65. The van der Waals surface area contributed by atoms with Crippen molar-refractivity contribution in [1.29, 1.82) is 0 Å². The van der Waals surface area contributed by atoms with Crippen LogP contribution in [0.25, 0.3) is 0 Å². The number of hydrogen-bond donors (Lipinski definition) is 0. The molecule has 1 aliphatic carbocycles. The number of carbonyl (C=O) groups excluding carboxylic acids is 3. The zero-order valence-electron chi connectivity index (χ0n) is 12.7. The highest BCUT2D eigenvalue weighted by Crippen LogP contribution is 2.46. The molecule has 112 valence electrons. The molecule has 1 aliphatic rings. The van der Waals surface area contributed by atoms with E-state index in [2.05, 4.69) is 0 Å². The quantitative estimate of drug-likeness (QED) is 0.570. The van der Waals surface area contributed by atoms with E-state index < -0.39 is 17.4 Å². The number of hydrogen-bond acceptors (Lipinski definition) is 5. The first-order valence-electron chi connectivity index (χ1n) is 6.67. The molecule has 0 saturated heterocycles. The highest BCUT2D eigenvalue weighted by molar-refractivity contribution is 6.05. The van der Waals surface area contributed by atoms with E-state index in [0.29, 0.717) is 17.9 Å². The fourth-order valence-corrected chi connectivity index (χ4v) is 2.78. The lowest BCUT2D eigenvalue weighted by atomic mass is 9.83. The summed E-state index contributed by atoms with van der Waals surface area (Å²) in [5.74, 6) is -1.04. The number of methoxy groups -OCH3 is 2. The van der Waals surface area contributed by atoms with E-state index in [1.807, 2.05) is 13.8 Å². The number of ether oxygens (including phenoxy) is 2. The number of rotatable bonds is 5. The summed E-state index contributed by atoms with van der Waals surface area (Å²) in [5.41, 5.74) is 0.0344. The largest absolute Gasteiger partial charge is 0.468 e. The van der Waals surface area contributed by atoms with Crippen LogP contribution in [0.5, 0.6) is 0 Å². The molecular formula is C15H22O5. The fraction of sp³-hybridized carbons (Fsp3) is 0.667. The van der Waals surface area contributed by atoms with Crippen molar-refractivity contribution in [2.75, 3.05) is 14.2 Å². The first-order chi connectivity index (χ1) is 9.28. The van der Waals surface area contributed by atoms with Gasteiger partial charge >= 0.3 is 11.9 Å². The van der Waals surface area contributed by atoms with Gasteiger partial charge in [0.05, 0.1) is 14.2 Å². The molecule has 0 aromatic rings. The summed E-state index contributed by atoms with van der Waals surface area (Å²) < 4.78 is 9.53. The molecule has 0 unspecified atom stereocenters. The summed E-state index contributed by atoms with van der Waals surface area (Å²) in [6.07, 6.45) is 0.966. The molecule has 20 heavy (non-hydrogen) atoms. The van der Waals surface area contributed by atoms with E-state index in [1.54, 1.807) is 0 Å². The van der Waals surface area contributed by atoms with Gasteiger partial charge in [0.25, 0.3) is 0 Å². The normalized spacial score (nSPS) is 17.3. The van der Waals surface area contributed by atoms with E-state index >= 15 is 0 Å². The van der Waals surface area contributed by atoms with E-state index in [-0.39, 0.29) is 18.6 Å². The summed E-state index contributed by atoms with van der Waals surface area (Å²) in [7, 11) is 2.47. The molecule has 0 radical (unpaired) electrons. The predicted octanol–water partition coefficient (Wildman–Crippen LogP) is 2.04. The molecule has 0 amide bonds. The van der Waals surface area contributed by atoms with Crippen molar-refractivity contribution in [3.63, 3.8) is 0 Å². The van der Waals surface area contributed by atoms with Crippen molar-refractivity contribution < 1.29 is 23.9 Å². The van der Waals surface area contributed by atoms with Crippen molar-refractivity contribution in [2.24, 2.45) is 11.3 Å². The third kappa shape index (κ3) is 2.92. The molecule has 0 aliphatic heterocycles. The average Bonchev–Trinajstić information content (AvgIpc) is 2.76. The van der Waals surface area contributed by atoms with Crippen LogP contribution in [0.4, 0.5) is 0 Å². The molecular weight excluding hydrogens is 260 g/mol. The van der Waals surface area contributed by atoms with Crippen LogP contribution in [0.3, 0.4) is 0 Å². The lowest BCUT2D eigenvalue weighted by molar-refractivity contribution is -0.168. The molecule has 0 fully saturated rings. The first-order valence-corrected chi connectivity index (χ1v) is 6.67. The monoisotopic (exact) mass is 282 g/mol. The van der Waals surface area contributed by atoms with Gasteiger partial charge in [-0.15, -0.1) is 0 Å². The van der Waals surface area contributed by atoms with Crippen molar-refractivity contribution in [3.8, 4) is 0 Å². The Morgan fingerprint density at radius 2 is 1.60 bits per heavy atom. The van der Waals surface area contributed by atoms with E-state index in [1.165, 1.54) is 21.1 Å². The Morgan fingerprint density at radius 1 is 1.10 bits per heavy atom. The van der Waals surface area contributed by atoms with Crippen molar-refractivity contribution >= 4 is 17.7 Å². The number of ketones is 1. The maximum absolute atomic E-state index is 12.1. The minimum absolute atomic E-state index is 0.0731. The Kier molecular flexibility index (Phi) is 5.09. The van der Waals surface area contributed by atoms with E-state index in [0.717, 1.165) is 5.57 Å². The molecule has 0 N–H and O–H groups in total. The molecule has 0 aromatic carbocycles. The number of esters is 2. The molecule has 0 aromatic heterocycles. The standard InChI is InChI=1S/C15H22O5/c1-9(2)6-11-7-15(13(17)19-4,14(18)20-5)8-12(11)10(3)16/h9H,6-8H2,1-5H3. The van der Waals surface area contributed by atoms with Gasteiger partial charge in [0.2, 0.25) is 0 Å². The summed E-state index contributed by atoms with van der Waals surface area (Å²) in [6, 6.07) is 0. The Balaban J connectivity index is 3.20. The fourth-order valence-electron chi connectivity index (χ4n) is 2.78. The first kappa shape index (κ1) is 16.4. The zero-order valence-corrected chi connectivity index (χ0v) is 12.7. The zero-order chi connectivity index (χ0) is 15.5. The minimum Gasteiger partial charge on any atom is -0.468 e. The summed E-state index contributed by atoms with van der Waals surface area (Å²) >= 11 is 0. The van der Waals surface area contributed by atoms with Crippen LogP contribution in [0.15, 0.2) is 11.1 Å². The van der Waals surface area contributed by atoms with Crippen LogP contribution in [0.1, 0.15) is 40.0 Å². The Bertz CT molecular complexity index is 443. The highest BCUT2D eigenvalue weighted by atomic mass is 16.5. The summed E-state index contributed by atoms with van der Waals surface area (Å²) in [6.45, 7) is 5.52. The topological polar surface area (TPSA) is 69.7 Å². The molecule has 0 spiro atoms. The molecule has 0 atom stereocenters. The van der Waals surface area contributed by atoms with Gasteiger partial charge < -0.3 is 9.47 Å². The van der Waals surface area contributed by atoms with Gasteiger partial charge in [-0.25, -0.2) is 0 Å². The third-order valence-electron chi connectivity index (χ3n) is 3.65. The van der Waals surface area contributed by atoms with Crippen LogP contribution < -0.4 is 0 Å². The second-order valence-electron chi connectivity index (χ2n) is 5.66. The number of carbonyl (C=O) groups is 3. The van der Waals surface area contributed by atoms with Crippen LogP contribution in [-0.4, -0.2) is 31.9 Å². The third-order valence-corrected chi connectivity index (χ3v) is 3.65.